The van der Waals surface area contributed by atoms with Crippen LogP contribution in [0.3, 0.4) is 0 Å². The van der Waals surface area contributed by atoms with E-state index in [-0.39, 0.29) is 11.5 Å². The highest BCUT2D eigenvalue weighted by Gasteiger charge is 2.13. The molecule has 0 saturated heterocycles. The lowest BCUT2D eigenvalue weighted by Crippen LogP contribution is -2.26. The molecule has 0 spiro atoms. The standard InChI is InChI=1S/C13H19NO3S/c1-4-13(15)11-7-5-6-8-12(11)14(2)9-10-18(3,16)17/h5-8H,4,9-10H2,1-3H3. The molecule has 5 heteroatoms. The number of anilines is 1. The molecule has 0 atom stereocenters. The Balaban J connectivity index is 2.92. The van der Waals surface area contributed by atoms with Crippen molar-refractivity contribution >= 4 is 21.3 Å². The molecule has 1 aromatic rings. The van der Waals surface area contributed by atoms with Gasteiger partial charge in [0.25, 0.3) is 0 Å². The number of rotatable bonds is 6. The average molecular weight is 269 g/mol. The van der Waals surface area contributed by atoms with Crippen LogP contribution in [-0.2, 0) is 9.84 Å². The Hall–Kier alpha value is -1.36. The smallest absolute Gasteiger partial charge is 0.164 e. The van der Waals surface area contributed by atoms with Gasteiger partial charge >= 0.3 is 0 Å². The van der Waals surface area contributed by atoms with Crippen LogP contribution in [0.25, 0.3) is 0 Å². The molecule has 0 bridgehead atoms. The predicted molar refractivity (Wildman–Crippen MR) is 74.0 cm³/mol. The summed E-state index contributed by atoms with van der Waals surface area (Å²) in [6.45, 7) is 2.20. The van der Waals surface area contributed by atoms with E-state index in [0.29, 0.717) is 18.5 Å². The van der Waals surface area contributed by atoms with Crippen molar-refractivity contribution in [1.29, 1.82) is 0 Å². The zero-order valence-corrected chi connectivity index (χ0v) is 11.8. The highest BCUT2D eigenvalue weighted by Crippen LogP contribution is 2.20. The molecule has 18 heavy (non-hydrogen) atoms. The molecule has 0 N–H and O–H groups in total. The number of carbonyl (C=O) groups is 1. The number of benzene rings is 1. The molecule has 0 aliphatic rings. The molecule has 0 amide bonds. The van der Waals surface area contributed by atoms with Crippen molar-refractivity contribution in [3.8, 4) is 0 Å². The van der Waals surface area contributed by atoms with E-state index < -0.39 is 9.84 Å². The van der Waals surface area contributed by atoms with Crippen molar-refractivity contribution in [3.63, 3.8) is 0 Å². The minimum Gasteiger partial charge on any atom is -0.373 e. The number of nitrogens with zero attached hydrogens (tertiary/aromatic N) is 1. The van der Waals surface area contributed by atoms with Crippen LogP contribution >= 0.6 is 0 Å². The summed E-state index contributed by atoms with van der Waals surface area (Å²) >= 11 is 0. The second kappa shape index (κ2) is 6.00. The highest BCUT2D eigenvalue weighted by molar-refractivity contribution is 7.90. The Morgan fingerprint density at radius 1 is 1.28 bits per heavy atom. The van der Waals surface area contributed by atoms with Crippen LogP contribution in [0.15, 0.2) is 24.3 Å². The van der Waals surface area contributed by atoms with Crippen molar-refractivity contribution in [2.24, 2.45) is 0 Å². The van der Waals surface area contributed by atoms with E-state index in [0.717, 1.165) is 5.69 Å². The third-order valence-electron chi connectivity index (χ3n) is 2.73. The first kappa shape index (κ1) is 14.7. The van der Waals surface area contributed by atoms with E-state index in [2.05, 4.69) is 0 Å². The fourth-order valence-electron chi connectivity index (χ4n) is 1.66. The Kier molecular flexibility index (Phi) is 4.90. The molecule has 0 aromatic heterocycles. The van der Waals surface area contributed by atoms with Gasteiger partial charge in [-0.3, -0.25) is 4.79 Å². The summed E-state index contributed by atoms with van der Waals surface area (Å²) in [5.74, 6) is 0.148. The van der Waals surface area contributed by atoms with Gasteiger partial charge in [0, 0.05) is 37.5 Å². The number of hydrogen-bond acceptors (Lipinski definition) is 4. The highest BCUT2D eigenvalue weighted by atomic mass is 32.2. The number of Topliss-reactive ketones (excluding diaryl/α,β-unsaturated/α-hetero) is 1. The SMILES string of the molecule is CCC(=O)c1ccccc1N(C)CCS(C)(=O)=O. The number of carbonyl (C=O) groups excluding carboxylic acids is 1. The van der Waals surface area contributed by atoms with Crippen LogP contribution in [-0.4, -0.2) is 39.8 Å². The number of ketones is 1. The number of sulfone groups is 1. The van der Waals surface area contributed by atoms with Crippen molar-refractivity contribution in [3.05, 3.63) is 29.8 Å². The maximum atomic E-state index is 11.8. The van der Waals surface area contributed by atoms with Crippen LogP contribution in [0.4, 0.5) is 5.69 Å². The van der Waals surface area contributed by atoms with Gasteiger partial charge in [0.05, 0.1) is 5.75 Å². The third kappa shape index (κ3) is 4.14. The second-order valence-corrected chi connectivity index (χ2v) is 6.61. The average Bonchev–Trinajstić information content (AvgIpc) is 2.34. The summed E-state index contributed by atoms with van der Waals surface area (Å²) < 4.78 is 22.3. The lowest BCUT2D eigenvalue weighted by Gasteiger charge is -2.21. The molecule has 1 aromatic carbocycles. The first-order valence-corrected chi connectivity index (χ1v) is 7.92. The summed E-state index contributed by atoms with van der Waals surface area (Å²) in [5.41, 5.74) is 1.43. The fraction of sp³-hybridized carbons (Fsp3) is 0.462. The lowest BCUT2D eigenvalue weighted by molar-refractivity contribution is 0.0988. The second-order valence-electron chi connectivity index (χ2n) is 4.35. The van der Waals surface area contributed by atoms with Crippen LogP contribution in [0.1, 0.15) is 23.7 Å². The van der Waals surface area contributed by atoms with Crippen molar-refractivity contribution in [2.45, 2.75) is 13.3 Å². The van der Waals surface area contributed by atoms with Crippen molar-refractivity contribution in [1.82, 2.24) is 0 Å². The molecule has 0 unspecified atom stereocenters. The zero-order valence-electron chi connectivity index (χ0n) is 11.0. The summed E-state index contributed by atoms with van der Waals surface area (Å²) in [4.78, 5) is 13.6. The lowest BCUT2D eigenvalue weighted by atomic mass is 10.1. The summed E-state index contributed by atoms with van der Waals surface area (Å²) in [6.07, 6.45) is 1.65. The van der Waals surface area contributed by atoms with Gasteiger partial charge < -0.3 is 4.90 Å². The molecule has 0 aliphatic carbocycles. The Morgan fingerprint density at radius 3 is 2.44 bits per heavy atom. The summed E-state index contributed by atoms with van der Waals surface area (Å²) in [6, 6.07) is 7.28. The van der Waals surface area contributed by atoms with Crippen molar-refractivity contribution < 1.29 is 13.2 Å². The van der Waals surface area contributed by atoms with E-state index in [4.69, 9.17) is 0 Å². The van der Waals surface area contributed by atoms with Gasteiger partial charge in [-0.2, -0.15) is 0 Å². The normalized spacial score (nSPS) is 11.3. The maximum absolute atomic E-state index is 11.8. The van der Waals surface area contributed by atoms with Crippen molar-refractivity contribution in [2.75, 3.05) is 30.5 Å². The fourth-order valence-corrected chi connectivity index (χ4v) is 2.26. The molecule has 0 saturated carbocycles. The van der Waals surface area contributed by atoms with Gasteiger partial charge in [0.1, 0.15) is 9.84 Å². The monoisotopic (exact) mass is 269 g/mol. The molecule has 100 valence electrons. The van der Waals surface area contributed by atoms with Gasteiger partial charge in [-0.15, -0.1) is 0 Å². The molecule has 0 fully saturated rings. The van der Waals surface area contributed by atoms with Gasteiger partial charge in [0.15, 0.2) is 5.78 Å². The van der Waals surface area contributed by atoms with E-state index in [9.17, 15) is 13.2 Å². The first-order valence-electron chi connectivity index (χ1n) is 5.86. The van der Waals surface area contributed by atoms with Crippen LogP contribution in [0, 0.1) is 0 Å². The van der Waals surface area contributed by atoms with Gasteiger partial charge in [-0.05, 0) is 12.1 Å². The van der Waals surface area contributed by atoms with E-state index in [1.54, 1.807) is 13.1 Å². The predicted octanol–water partition coefficient (Wildman–Crippen LogP) is 1.76. The maximum Gasteiger partial charge on any atom is 0.164 e. The minimum atomic E-state index is -2.99. The van der Waals surface area contributed by atoms with Crippen LogP contribution in [0.5, 0.6) is 0 Å². The molecule has 0 heterocycles. The number of para-hydroxylation sites is 1. The molecule has 4 nitrogen and oxygen atoms in total. The Bertz CT molecular complexity index is 523. The Morgan fingerprint density at radius 2 is 1.89 bits per heavy atom. The molecule has 0 aliphatic heterocycles. The summed E-state index contributed by atoms with van der Waals surface area (Å²) in [5, 5.41) is 0. The molecule has 0 radical (unpaired) electrons. The molecular formula is C13H19NO3S. The largest absolute Gasteiger partial charge is 0.373 e. The Labute approximate surface area is 109 Å². The van der Waals surface area contributed by atoms with Crippen LogP contribution in [0.2, 0.25) is 0 Å². The minimum absolute atomic E-state index is 0.0665. The third-order valence-corrected chi connectivity index (χ3v) is 3.66. The first-order chi connectivity index (χ1) is 8.35. The topological polar surface area (TPSA) is 54.5 Å². The summed E-state index contributed by atoms with van der Waals surface area (Å²) in [7, 11) is -1.19. The zero-order chi connectivity index (χ0) is 13.8. The molecule has 1 rings (SSSR count). The number of hydrogen-bond donors (Lipinski definition) is 0. The van der Waals surface area contributed by atoms with E-state index in [1.807, 2.05) is 30.0 Å². The van der Waals surface area contributed by atoms with E-state index in [1.165, 1.54) is 6.26 Å². The van der Waals surface area contributed by atoms with Gasteiger partial charge in [0.2, 0.25) is 0 Å². The van der Waals surface area contributed by atoms with Gasteiger partial charge in [-0.1, -0.05) is 19.1 Å². The quantitative estimate of drug-likeness (QED) is 0.738. The van der Waals surface area contributed by atoms with Gasteiger partial charge in [-0.25, -0.2) is 8.42 Å². The molecular weight excluding hydrogens is 250 g/mol. The van der Waals surface area contributed by atoms with Crippen LogP contribution < -0.4 is 4.90 Å². The van der Waals surface area contributed by atoms with E-state index >= 15 is 0 Å².